The number of rotatable bonds is 4. The van der Waals surface area contributed by atoms with Gasteiger partial charge in [0.1, 0.15) is 0 Å². The van der Waals surface area contributed by atoms with Crippen LogP contribution in [0.2, 0.25) is 5.82 Å². The van der Waals surface area contributed by atoms with Gasteiger partial charge in [-0.05, 0) is 25.8 Å². The lowest BCUT2D eigenvalue weighted by atomic mass is 9.78. The Morgan fingerprint density at radius 2 is 2.00 bits per heavy atom. The predicted octanol–water partition coefficient (Wildman–Crippen LogP) is 2.70. The molecule has 0 bridgehead atoms. The zero-order valence-electron chi connectivity index (χ0n) is 12.1. The van der Waals surface area contributed by atoms with Gasteiger partial charge in [-0.25, -0.2) is 0 Å². The third-order valence-corrected chi connectivity index (χ3v) is 4.12. The Labute approximate surface area is 122 Å². The van der Waals surface area contributed by atoms with Crippen molar-refractivity contribution in [1.29, 1.82) is 0 Å². The van der Waals surface area contributed by atoms with E-state index in [1.165, 1.54) is 5.56 Å². The van der Waals surface area contributed by atoms with Gasteiger partial charge in [-0.15, -0.1) is 0 Å². The molecule has 4 heteroatoms. The van der Waals surface area contributed by atoms with Crippen LogP contribution in [0.4, 0.5) is 0 Å². The van der Waals surface area contributed by atoms with E-state index in [2.05, 4.69) is 12.1 Å². The molecule has 3 nitrogen and oxygen atoms in total. The summed E-state index contributed by atoms with van der Waals surface area (Å²) >= 11 is 0. The van der Waals surface area contributed by atoms with Crippen molar-refractivity contribution >= 4 is 7.85 Å². The minimum Gasteiger partial charge on any atom is -0.376 e. The van der Waals surface area contributed by atoms with E-state index in [9.17, 15) is 0 Å². The van der Waals surface area contributed by atoms with Gasteiger partial charge in [-0.3, -0.25) is 0 Å². The molecule has 4 atom stereocenters. The molecule has 0 amide bonds. The van der Waals surface area contributed by atoms with Crippen molar-refractivity contribution < 1.29 is 14.2 Å². The van der Waals surface area contributed by atoms with Gasteiger partial charge in [0.05, 0.1) is 33.3 Å². The quantitative estimate of drug-likeness (QED) is 0.789. The summed E-state index contributed by atoms with van der Waals surface area (Å²) in [6.07, 6.45) is 1.04. The normalized spacial score (nSPS) is 35.1. The van der Waals surface area contributed by atoms with Gasteiger partial charge in [-0.1, -0.05) is 36.1 Å². The van der Waals surface area contributed by atoms with Crippen LogP contribution in [0.5, 0.6) is 0 Å². The van der Waals surface area contributed by atoms with Gasteiger partial charge < -0.3 is 14.2 Å². The van der Waals surface area contributed by atoms with E-state index in [0.29, 0.717) is 13.2 Å². The van der Waals surface area contributed by atoms with Gasteiger partial charge >= 0.3 is 0 Å². The molecule has 2 fully saturated rings. The SMILES string of the molecule is [B][C@H]1C[C@@H]2OC(C)(C)O[C@@H]2[C@H]1COCc1ccccc1. The summed E-state index contributed by atoms with van der Waals surface area (Å²) < 4.78 is 17.7. The summed E-state index contributed by atoms with van der Waals surface area (Å²) in [5.41, 5.74) is 1.18. The third-order valence-electron chi connectivity index (χ3n) is 4.12. The maximum absolute atomic E-state index is 6.20. The molecular weight excluding hydrogens is 251 g/mol. The maximum atomic E-state index is 6.20. The number of hydrogen-bond donors (Lipinski definition) is 0. The van der Waals surface area contributed by atoms with Crippen molar-refractivity contribution in [2.24, 2.45) is 5.92 Å². The Bertz CT molecular complexity index is 448. The molecule has 0 aromatic heterocycles. The molecule has 1 aromatic rings. The van der Waals surface area contributed by atoms with Crippen molar-refractivity contribution in [3.8, 4) is 0 Å². The zero-order valence-corrected chi connectivity index (χ0v) is 12.1. The highest BCUT2D eigenvalue weighted by molar-refractivity contribution is 6.12. The number of hydrogen-bond acceptors (Lipinski definition) is 3. The molecule has 106 valence electrons. The summed E-state index contributed by atoms with van der Waals surface area (Å²) in [5, 5.41) is 0. The minimum atomic E-state index is -0.493. The molecule has 2 aliphatic rings. The Morgan fingerprint density at radius 1 is 1.25 bits per heavy atom. The largest absolute Gasteiger partial charge is 0.376 e. The second kappa shape index (κ2) is 5.51. The first-order valence-electron chi connectivity index (χ1n) is 7.28. The van der Waals surface area contributed by atoms with E-state index in [1.54, 1.807) is 0 Å². The molecule has 1 aromatic carbocycles. The summed E-state index contributed by atoms with van der Waals surface area (Å²) in [5.74, 6) is -0.185. The minimum absolute atomic E-state index is 0.0655. The van der Waals surface area contributed by atoms with Crippen LogP contribution in [-0.2, 0) is 20.8 Å². The van der Waals surface area contributed by atoms with Crippen molar-refractivity contribution in [3.63, 3.8) is 0 Å². The topological polar surface area (TPSA) is 27.7 Å². The van der Waals surface area contributed by atoms with Crippen molar-refractivity contribution in [1.82, 2.24) is 0 Å². The second-order valence-corrected chi connectivity index (χ2v) is 6.20. The first-order chi connectivity index (χ1) is 9.55. The molecular formula is C16H21BO3. The molecule has 1 aliphatic heterocycles. The first-order valence-corrected chi connectivity index (χ1v) is 7.28. The fourth-order valence-corrected chi connectivity index (χ4v) is 3.20. The van der Waals surface area contributed by atoms with Crippen molar-refractivity contribution in [3.05, 3.63) is 35.9 Å². The molecule has 20 heavy (non-hydrogen) atoms. The van der Waals surface area contributed by atoms with Gasteiger partial charge in [0, 0.05) is 5.92 Å². The number of fused-ring (bicyclic) bond motifs is 1. The summed E-state index contributed by atoms with van der Waals surface area (Å²) in [4.78, 5) is 0. The monoisotopic (exact) mass is 272 g/mol. The fraction of sp³-hybridized carbons (Fsp3) is 0.625. The van der Waals surface area contributed by atoms with Gasteiger partial charge in [0.15, 0.2) is 5.79 Å². The first kappa shape index (κ1) is 14.1. The lowest BCUT2D eigenvalue weighted by Gasteiger charge is -2.25. The smallest absolute Gasteiger partial charge is 0.163 e. The lowest BCUT2D eigenvalue weighted by Crippen LogP contribution is -2.29. The van der Waals surface area contributed by atoms with Crippen LogP contribution >= 0.6 is 0 Å². The van der Waals surface area contributed by atoms with E-state index < -0.39 is 5.79 Å². The van der Waals surface area contributed by atoms with Crippen LogP contribution in [0.1, 0.15) is 25.8 Å². The Kier molecular flexibility index (Phi) is 3.89. The summed E-state index contributed by atoms with van der Waals surface area (Å²) in [6, 6.07) is 10.2. The van der Waals surface area contributed by atoms with Gasteiger partial charge in [-0.2, -0.15) is 0 Å². The number of benzene rings is 1. The zero-order chi connectivity index (χ0) is 14.2. The Balaban J connectivity index is 1.54. The van der Waals surface area contributed by atoms with Crippen LogP contribution in [-0.4, -0.2) is 32.4 Å². The van der Waals surface area contributed by atoms with E-state index >= 15 is 0 Å². The van der Waals surface area contributed by atoms with E-state index in [1.807, 2.05) is 32.0 Å². The molecule has 1 saturated carbocycles. The molecule has 3 rings (SSSR count). The van der Waals surface area contributed by atoms with Crippen LogP contribution in [0.25, 0.3) is 0 Å². The second-order valence-electron chi connectivity index (χ2n) is 6.20. The van der Waals surface area contributed by atoms with Crippen LogP contribution < -0.4 is 0 Å². The lowest BCUT2D eigenvalue weighted by molar-refractivity contribution is -0.158. The van der Waals surface area contributed by atoms with Crippen molar-refractivity contribution in [2.45, 2.75) is 50.7 Å². The molecule has 0 spiro atoms. The summed E-state index contributed by atoms with van der Waals surface area (Å²) in [6.45, 7) is 5.15. The van der Waals surface area contributed by atoms with Crippen LogP contribution in [0.15, 0.2) is 30.3 Å². The molecule has 1 heterocycles. The number of ether oxygens (including phenoxy) is 3. The highest BCUT2D eigenvalue weighted by Crippen LogP contribution is 2.46. The Morgan fingerprint density at radius 3 is 2.75 bits per heavy atom. The van der Waals surface area contributed by atoms with E-state index in [0.717, 1.165) is 6.42 Å². The summed E-state index contributed by atoms with van der Waals surface area (Å²) in [7, 11) is 6.20. The van der Waals surface area contributed by atoms with Crippen LogP contribution in [0, 0.1) is 5.92 Å². The average Bonchev–Trinajstić information content (AvgIpc) is 2.83. The molecule has 1 aliphatic carbocycles. The van der Waals surface area contributed by atoms with Gasteiger partial charge in [0.25, 0.3) is 0 Å². The van der Waals surface area contributed by atoms with E-state index in [-0.39, 0.29) is 23.9 Å². The van der Waals surface area contributed by atoms with Gasteiger partial charge in [0.2, 0.25) is 0 Å². The molecule has 0 N–H and O–H groups in total. The molecule has 2 radical (unpaired) electrons. The maximum Gasteiger partial charge on any atom is 0.163 e. The average molecular weight is 272 g/mol. The highest BCUT2D eigenvalue weighted by atomic mass is 16.8. The fourth-order valence-electron chi connectivity index (χ4n) is 3.20. The van der Waals surface area contributed by atoms with Crippen LogP contribution in [0.3, 0.4) is 0 Å². The highest BCUT2D eigenvalue weighted by Gasteiger charge is 2.51. The predicted molar refractivity (Wildman–Crippen MR) is 77.5 cm³/mol. The van der Waals surface area contributed by atoms with Crippen molar-refractivity contribution in [2.75, 3.05) is 6.61 Å². The standard InChI is InChI=1S/C16H21BO3/c1-16(2)19-14-8-13(17)12(15(14)20-16)10-18-9-11-6-4-3-5-7-11/h3-7,12-15H,8-10H2,1-2H3/t12-,13-,14-,15+/m0/s1. The molecule has 1 saturated heterocycles. The molecule has 0 unspecified atom stereocenters. The third kappa shape index (κ3) is 2.92. The Hall–Kier alpha value is -0.835. The van der Waals surface area contributed by atoms with E-state index in [4.69, 9.17) is 22.1 Å².